The maximum Gasteiger partial charge on any atom is 0.261 e. The van der Waals surface area contributed by atoms with Crippen molar-refractivity contribution < 1.29 is 13.2 Å². The molecule has 0 saturated carbocycles. The van der Waals surface area contributed by atoms with Crippen molar-refractivity contribution in [3.63, 3.8) is 0 Å². The van der Waals surface area contributed by atoms with Crippen molar-refractivity contribution in [1.82, 2.24) is 0 Å². The molecule has 1 N–H and O–H groups in total. The molecule has 0 aliphatic carbocycles. The first-order valence-corrected chi connectivity index (χ1v) is 9.64. The molecule has 0 radical (unpaired) electrons. The van der Waals surface area contributed by atoms with Gasteiger partial charge in [-0.2, -0.15) is 0 Å². The van der Waals surface area contributed by atoms with Gasteiger partial charge in [-0.15, -0.1) is 11.8 Å². The Balaban J connectivity index is 2.28. The Hall–Kier alpha value is -1.37. The number of hydrogen-bond acceptors (Lipinski definition) is 4. The van der Waals surface area contributed by atoms with E-state index in [2.05, 4.69) is 4.72 Å². The lowest BCUT2D eigenvalue weighted by Crippen LogP contribution is -2.13. The van der Waals surface area contributed by atoms with Gasteiger partial charge in [-0.25, -0.2) is 8.42 Å². The van der Waals surface area contributed by atoms with Crippen molar-refractivity contribution >= 4 is 39.1 Å². The Labute approximate surface area is 139 Å². The summed E-state index contributed by atoms with van der Waals surface area (Å²) in [5.41, 5.74) is 0.511. The fourth-order valence-corrected chi connectivity index (χ4v) is 3.66. The van der Waals surface area contributed by atoms with Gasteiger partial charge in [0.15, 0.2) is 0 Å². The van der Waals surface area contributed by atoms with Crippen LogP contribution >= 0.6 is 23.4 Å². The molecule has 4 nitrogen and oxygen atoms in total. The van der Waals surface area contributed by atoms with Gasteiger partial charge in [-0.1, -0.05) is 17.7 Å². The minimum Gasteiger partial charge on any atom is -0.492 e. The summed E-state index contributed by atoms with van der Waals surface area (Å²) in [6.07, 6.45) is 1.93. The lowest BCUT2D eigenvalue weighted by Gasteiger charge is -2.11. The number of sulfonamides is 1. The van der Waals surface area contributed by atoms with E-state index in [-0.39, 0.29) is 9.92 Å². The summed E-state index contributed by atoms with van der Waals surface area (Å²) in [5.74, 6) is 0.465. The smallest absolute Gasteiger partial charge is 0.261 e. The molecule has 0 aliphatic heterocycles. The van der Waals surface area contributed by atoms with Gasteiger partial charge in [0.1, 0.15) is 5.75 Å². The molecule has 0 spiro atoms. The zero-order valence-electron chi connectivity index (χ0n) is 12.2. The molecule has 0 fully saturated rings. The summed E-state index contributed by atoms with van der Waals surface area (Å²) < 4.78 is 32.7. The van der Waals surface area contributed by atoms with E-state index in [0.717, 1.165) is 4.90 Å². The predicted molar refractivity (Wildman–Crippen MR) is 91.7 cm³/mol. The number of thioether (sulfide) groups is 1. The Kier molecular flexibility index (Phi) is 5.61. The average molecular weight is 358 g/mol. The molecule has 22 heavy (non-hydrogen) atoms. The second-order valence-electron chi connectivity index (χ2n) is 4.36. The lowest BCUT2D eigenvalue weighted by molar-refractivity contribution is 0.340. The van der Waals surface area contributed by atoms with Crippen molar-refractivity contribution in [2.75, 3.05) is 17.6 Å². The molecule has 0 atom stereocenters. The van der Waals surface area contributed by atoms with Crippen LogP contribution in [0.2, 0.25) is 5.02 Å². The van der Waals surface area contributed by atoms with Crippen LogP contribution in [0.4, 0.5) is 5.69 Å². The molecule has 7 heteroatoms. The highest BCUT2D eigenvalue weighted by Gasteiger charge is 2.16. The van der Waals surface area contributed by atoms with Gasteiger partial charge in [-0.3, -0.25) is 4.72 Å². The number of benzene rings is 2. The van der Waals surface area contributed by atoms with Crippen LogP contribution in [0.15, 0.2) is 52.3 Å². The Morgan fingerprint density at radius 3 is 2.64 bits per heavy atom. The van der Waals surface area contributed by atoms with E-state index in [9.17, 15) is 8.42 Å². The number of ether oxygens (including phenoxy) is 1. The molecular formula is C15H16ClNO3S2. The first-order valence-electron chi connectivity index (χ1n) is 6.55. The van der Waals surface area contributed by atoms with Crippen LogP contribution in [-0.2, 0) is 10.0 Å². The summed E-state index contributed by atoms with van der Waals surface area (Å²) in [5, 5.41) is 0.266. The van der Waals surface area contributed by atoms with Crippen LogP contribution < -0.4 is 9.46 Å². The summed E-state index contributed by atoms with van der Waals surface area (Å²) in [4.78, 5) is 1.07. The molecule has 0 aliphatic rings. The first kappa shape index (κ1) is 17.0. The Morgan fingerprint density at radius 2 is 2.00 bits per heavy atom. The number of rotatable bonds is 6. The van der Waals surface area contributed by atoms with Gasteiger partial charge in [0.2, 0.25) is 0 Å². The number of halogens is 1. The van der Waals surface area contributed by atoms with Crippen molar-refractivity contribution in [3.8, 4) is 5.75 Å². The van der Waals surface area contributed by atoms with Crippen molar-refractivity contribution in [2.24, 2.45) is 0 Å². The van der Waals surface area contributed by atoms with Crippen LogP contribution in [0, 0.1) is 0 Å². The van der Waals surface area contributed by atoms with Crippen LogP contribution in [0.5, 0.6) is 5.75 Å². The topological polar surface area (TPSA) is 55.4 Å². The van der Waals surface area contributed by atoms with Gasteiger partial charge in [0.05, 0.1) is 16.5 Å². The number of nitrogens with one attached hydrogen (secondary N) is 1. The van der Waals surface area contributed by atoms with Gasteiger partial charge in [0, 0.05) is 10.6 Å². The molecule has 0 bridgehead atoms. The van der Waals surface area contributed by atoms with Crippen LogP contribution in [0.25, 0.3) is 0 Å². The highest BCUT2D eigenvalue weighted by atomic mass is 35.5. The third-order valence-electron chi connectivity index (χ3n) is 2.84. The zero-order valence-corrected chi connectivity index (χ0v) is 14.6. The predicted octanol–water partition coefficient (Wildman–Crippen LogP) is 4.26. The average Bonchev–Trinajstić information content (AvgIpc) is 2.49. The summed E-state index contributed by atoms with van der Waals surface area (Å²) >= 11 is 7.59. The summed E-state index contributed by atoms with van der Waals surface area (Å²) in [6, 6.07) is 11.6. The van der Waals surface area contributed by atoms with Crippen LogP contribution in [-0.4, -0.2) is 21.3 Å². The fraction of sp³-hybridized carbons (Fsp3) is 0.200. The van der Waals surface area contributed by atoms with Crippen LogP contribution in [0.1, 0.15) is 6.92 Å². The van der Waals surface area contributed by atoms with Crippen molar-refractivity contribution in [2.45, 2.75) is 16.7 Å². The highest BCUT2D eigenvalue weighted by Crippen LogP contribution is 2.28. The summed E-state index contributed by atoms with van der Waals surface area (Å²) in [7, 11) is -3.69. The monoisotopic (exact) mass is 357 g/mol. The molecule has 0 heterocycles. The van der Waals surface area contributed by atoms with E-state index in [1.54, 1.807) is 36.0 Å². The van der Waals surface area contributed by atoms with E-state index >= 15 is 0 Å². The molecule has 0 unspecified atom stereocenters. The number of hydrogen-bond donors (Lipinski definition) is 1. The Morgan fingerprint density at radius 1 is 1.23 bits per heavy atom. The fourth-order valence-electron chi connectivity index (χ4n) is 1.82. The molecule has 0 amide bonds. The second-order valence-corrected chi connectivity index (χ2v) is 7.33. The SMILES string of the molecule is CCOc1ccc(S(=O)(=O)Nc2cccc(SC)c2)cc1Cl. The summed E-state index contributed by atoms with van der Waals surface area (Å²) in [6.45, 7) is 2.30. The third-order valence-corrected chi connectivity index (χ3v) is 5.24. The maximum absolute atomic E-state index is 12.4. The van der Waals surface area contributed by atoms with Crippen LogP contribution in [0.3, 0.4) is 0 Å². The zero-order chi connectivity index (χ0) is 16.2. The van der Waals surface area contributed by atoms with Crippen molar-refractivity contribution in [3.05, 3.63) is 47.5 Å². The van der Waals surface area contributed by atoms with E-state index in [1.807, 2.05) is 19.2 Å². The van der Waals surface area contributed by atoms with Gasteiger partial charge < -0.3 is 4.74 Å². The quantitative estimate of drug-likeness (QED) is 0.785. The normalized spacial score (nSPS) is 11.2. The largest absolute Gasteiger partial charge is 0.492 e. The number of anilines is 1. The highest BCUT2D eigenvalue weighted by molar-refractivity contribution is 7.98. The van der Waals surface area contributed by atoms with Gasteiger partial charge in [0.25, 0.3) is 10.0 Å². The molecule has 2 aromatic rings. The molecule has 0 aromatic heterocycles. The minimum absolute atomic E-state index is 0.0931. The van der Waals surface area contributed by atoms with E-state index in [0.29, 0.717) is 18.0 Å². The third kappa shape index (κ3) is 4.09. The molecular weight excluding hydrogens is 342 g/mol. The lowest BCUT2D eigenvalue weighted by atomic mass is 10.3. The van der Waals surface area contributed by atoms with E-state index in [4.69, 9.17) is 16.3 Å². The van der Waals surface area contributed by atoms with E-state index in [1.165, 1.54) is 12.1 Å². The molecule has 118 valence electrons. The Bertz CT molecular complexity index is 763. The second kappa shape index (κ2) is 7.26. The standard InChI is InChI=1S/C15H16ClNO3S2/c1-3-20-15-8-7-13(10-14(15)16)22(18,19)17-11-5-4-6-12(9-11)21-2/h4-10,17H,3H2,1-2H3. The first-order chi connectivity index (χ1) is 10.5. The molecule has 0 saturated heterocycles. The molecule has 2 aromatic carbocycles. The minimum atomic E-state index is -3.69. The van der Waals surface area contributed by atoms with Gasteiger partial charge in [-0.05, 0) is 49.6 Å². The van der Waals surface area contributed by atoms with Gasteiger partial charge >= 0.3 is 0 Å². The van der Waals surface area contributed by atoms with E-state index < -0.39 is 10.0 Å². The molecule has 2 rings (SSSR count). The maximum atomic E-state index is 12.4. The van der Waals surface area contributed by atoms with Crippen molar-refractivity contribution in [1.29, 1.82) is 0 Å².